The van der Waals surface area contributed by atoms with Gasteiger partial charge in [0.15, 0.2) is 0 Å². The summed E-state index contributed by atoms with van der Waals surface area (Å²) in [5.41, 5.74) is 1.54. The van der Waals surface area contributed by atoms with Crippen LogP contribution in [0.3, 0.4) is 0 Å². The fourth-order valence-electron chi connectivity index (χ4n) is 2.13. The Labute approximate surface area is 113 Å². The molecule has 1 saturated heterocycles. The smallest absolute Gasteiger partial charge is 0.254 e. The monoisotopic (exact) mass is 265 g/mol. The normalized spacial score (nSPS) is 15.4. The highest BCUT2D eigenvalue weighted by Gasteiger charge is 2.19. The molecule has 0 aliphatic carbocycles. The van der Waals surface area contributed by atoms with Crippen molar-refractivity contribution in [3.05, 3.63) is 29.3 Å². The van der Waals surface area contributed by atoms with Crippen molar-refractivity contribution in [1.29, 1.82) is 0 Å². The molecule has 5 nitrogen and oxygen atoms in total. The summed E-state index contributed by atoms with van der Waals surface area (Å²) in [6, 6.07) is 5.43. The van der Waals surface area contributed by atoms with Gasteiger partial charge in [-0.3, -0.25) is 4.79 Å². The molecule has 1 fully saturated rings. The summed E-state index contributed by atoms with van der Waals surface area (Å²) < 4.78 is 15.6. The van der Waals surface area contributed by atoms with E-state index in [4.69, 9.17) is 14.2 Å². The topological polar surface area (TPSA) is 48.0 Å². The van der Waals surface area contributed by atoms with Crippen molar-refractivity contribution >= 4 is 5.91 Å². The molecule has 0 aromatic heterocycles. The van der Waals surface area contributed by atoms with Crippen molar-refractivity contribution in [2.75, 3.05) is 40.5 Å². The molecule has 1 heterocycles. The van der Waals surface area contributed by atoms with Crippen molar-refractivity contribution in [3.8, 4) is 5.75 Å². The van der Waals surface area contributed by atoms with Gasteiger partial charge in [-0.2, -0.15) is 0 Å². The fraction of sp³-hybridized carbons (Fsp3) is 0.500. The highest BCUT2D eigenvalue weighted by Crippen LogP contribution is 2.21. The molecular formula is C14H19NO4. The highest BCUT2D eigenvalue weighted by atomic mass is 16.5. The van der Waals surface area contributed by atoms with Crippen LogP contribution in [0.15, 0.2) is 18.2 Å². The minimum Gasteiger partial charge on any atom is -0.496 e. The molecule has 1 aliphatic rings. The number of morpholine rings is 1. The van der Waals surface area contributed by atoms with E-state index in [0.717, 1.165) is 11.3 Å². The predicted octanol–water partition coefficient (Wildman–Crippen LogP) is 1.31. The first-order valence-corrected chi connectivity index (χ1v) is 6.29. The van der Waals surface area contributed by atoms with Crippen molar-refractivity contribution in [2.45, 2.75) is 6.61 Å². The van der Waals surface area contributed by atoms with E-state index in [-0.39, 0.29) is 5.91 Å². The van der Waals surface area contributed by atoms with Crippen LogP contribution in [-0.2, 0) is 16.1 Å². The molecule has 1 aromatic rings. The number of ether oxygens (including phenoxy) is 3. The third kappa shape index (κ3) is 3.24. The lowest BCUT2D eigenvalue weighted by molar-refractivity contribution is 0.0302. The van der Waals surface area contributed by atoms with E-state index in [0.29, 0.717) is 38.5 Å². The van der Waals surface area contributed by atoms with Gasteiger partial charge in [-0.25, -0.2) is 0 Å². The van der Waals surface area contributed by atoms with Gasteiger partial charge in [0.2, 0.25) is 0 Å². The zero-order valence-electron chi connectivity index (χ0n) is 11.3. The molecule has 1 aromatic carbocycles. The number of carbonyl (C=O) groups is 1. The molecule has 5 heteroatoms. The third-order valence-corrected chi connectivity index (χ3v) is 3.13. The molecule has 0 spiro atoms. The van der Waals surface area contributed by atoms with Gasteiger partial charge in [0.1, 0.15) is 5.75 Å². The Morgan fingerprint density at radius 1 is 1.32 bits per heavy atom. The maximum absolute atomic E-state index is 12.3. The van der Waals surface area contributed by atoms with Crippen LogP contribution >= 0.6 is 0 Å². The Morgan fingerprint density at radius 2 is 2.05 bits per heavy atom. The lowest BCUT2D eigenvalue weighted by Crippen LogP contribution is -2.40. The molecule has 0 bridgehead atoms. The number of methoxy groups -OCH3 is 2. The number of carbonyl (C=O) groups excluding carboxylic acids is 1. The maximum Gasteiger partial charge on any atom is 0.254 e. The first-order valence-electron chi connectivity index (χ1n) is 6.29. The molecule has 0 radical (unpaired) electrons. The van der Waals surface area contributed by atoms with Gasteiger partial charge in [0.05, 0.1) is 26.9 Å². The summed E-state index contributed by atoms with van der Waals surface area (Å²) in [7, 11) is 3.23. The van der Waals surface area contributed by atoms with E-state index < -0.39 is 0 Å². The SMILES string of the molecule is COCc1cc(C(=O)N2CCOCC2)ccc1OC. The van der Waals surface area contributed by atoms with E-state index in [9.17, 15) is 4.79 Å². The number of hydrogen-bond donors (Lipinski definition) is 0. The van der Waals surface area contributed by atoms with Crippen molar-refractivity contribution < 1.29 is 19.0 Å². The van der Waals surface area contributed by atoms with Crippen LogP contribution in [0.4, 0.5) is 0 Å². The van der Waals surface area contributed by atoms with E-state index >= 15 is 0 Å². The van der Waals surface area contributed by atoms with Crippen LogP contribution < -0.4 is 4.74 Å². The second-order valence-corrected chi connectivity index (χ2v) is 4.36. The third-order valence-electron chi connectivity index (χ3n) is 3.13. The van der Waals surface area contributed by atoms with Gasteiger partial charge in [-0.05, 0) is 18.2 Å². The van der Waals surface area contributed by atoms with Crippen molar-refractivity contribution in [2.24, 2.45) is 0 Å². The first-order chi connectivity index (χ1) is 9.26. The summed E-state index contributed by atoms with van der Waals surface area (Å²) >= 11 is 0. The quantitative estimate of drug-likeness (QED) is 0.823. The summed E-state index contributed by atoms with van der Waals surface area (Å²) in [6.07, 6.45) is 0. The molecule has 0 unspecified atom stereocenters. The minimum absolute atomic E-state index is 0.0308. The molecule has 0 saturated carbocycles. The zero-order valence-corrected chi connectivity index (χ0v) is 11.3. The van der Waals surface area contributed by atoms with Crippen LogP contribution in [-0.4, -0.2) is 51.3 Å². The Kier molecular flexibility index (Phi) is 4.76. The summed E-state index contributed by atoms with van der Waals surface area (Å²) in [5.74, 6) is 0.767. The lowest BCUT2D eigenvalue weighted by Gasteiger charge is -2.27. The summed E-state index contributed by atoms with van der Waals surface area (Å²) in [6.45, 7) is 2.92. The van der Waals surface area contributed by atoms with Crippen molar-refractivity contribution in [1.82, 2.24) is 4.90 Å². The Morgan fingerprint density at radius 3 is 2.68 bits per heavy atom. The molecule has 0 N–H and O–H groups in total. The molecule has 104 valence electrons. The van der Waals surface area contributed by atoms with E-state index in [1.807, 2.05) is 17.0 Å². The van der Waals surface area contributed by atoms with Gasteiger partial charge in [-0.1, -0.05) is 0 Å². The Hall–Kier alpha value is -1.59. The average molecular weight is 265 g/mol. The molecule has 19 heavy (non-hydrogen) atoms. The van der Waals surface area contributed by atoms with Crippen LogP contribution in [0, 0.1) is 0 Å². The van der Waals surface area contributed by atoms with E-state index in [1.54, 1.807) is 20.3 Å². The molecule has 1 aliphatic heterocycles. The predicted molar refractivity (Wildman–Crippen MR) is 70.4 cm³/mol. The first kappa shape index (κ1) is 13.8. The summed E-state index contributed by atoms with van der Waals surface area (Å²) in [5, 5.41) is 0. The number of amides is 1. The van der Waals surface area contributed by atoms with Gasteiger partial charge in [-0.15, -0.1) is 0 Å². The minimum atomic E-state index is 0.0308. The maximum atomic E-state index is 12.3. The van der Waals surface area contributed by atoms with Gasteiger partial charge in [0.25, 0.3) is 5.91 Å². The number of hydrogen-bond acceptors (Lipinski definition) is 4. The second-order valence-electron chi connectivity index (χ2n) is 4.36. The van der Waals surface area contributed by atoms with Crippen LogP contribution in [0.25, 0.3) is 0 Å². The number of nitrogens with zero attached hydrogens (tertiary/aromatic N) is 1. The Bertz CT molecular complexity index is 441. The van der Waals surface area contributed by atoms with Crippen molar-refractivity contribution in [3.63, 3.8) is 0 Å². The fourth-order valence-corrected chi connectivity index (χ4v) is 2.13. The zero-order chi connectivity index (χ0) is 13.7. The number of benzene rings is 1. The second kappa shape index (κ2) is 6.54. The van der Waals surface area contributed by atoms with Crippen LogP contribution in [0.1, 0.15) is 15.9 Å². The molecule has 1 amide bonds. The number of rotatable bonds is 4. The van der Waals surface area contributed by atoms with Gasteiger partial charge < -0.3 is 19.1 Å². The molecule has 2 rings (SSSR count). The largest absolute Gasteiger partial charge is 0.496 e. The van der Waals surface area contributed by atoms with Crippen LogP contribution in [0.5, 0.6) is 5.75 Å². The average Bonchev–Trinajstić information content (AvgIpc) is 2.47. The van der Waals surface area contributed by atoms with Gasteiger partial charge >= 0.3 is 0 Å². The highest BCUT2D eigenvalue weighted by molar-refractivity contribution is 5.94. The van der Waals surface area contributed by atoms with E-state index in [2.05, 4.69) is 0 Å². The summed E-state index contributed by atoms with van der Waals surface area (Å²) in [4.78, 5) is 14.2. The van der Waals surface area contributed by atoms with Gasteiger partial charge in [0, 0.05) is 31.3 Å². The van der Waals surface area contributed by atoms with Crippen LogP contribution in [0.2, 0.25) is 0 Å². The Balaban J connectivity index is 2.19. The molecular weight excluding hydrogens is 246 g/mol. The standard InChI is InChI=1S/C14H19NO4/c1-17-10-12-9-11(3-4-13(12)18-2)14(16)15-5-7-19-8-6-15/h3-4,9H,5-8,10H2,1-2H3. The molecule has 0 atom stereocenters. The van der Waals surface area contributed by atoms with E-state index in [1.165, 1.54) is 0 Å². The lowest BCUT2D eigenvalue weighted by atomic mass is 10.1.